The van der Waals surface area contributed by atoms with E-state index in [9.17, 15) is 8.78 Å². The average Bonchev–Trinajstić information content (AvgIpc) is 2.58. The van der Waals surface area contributed by atoms with Crippen molar-refractivity contribution < 1.29 is 8.78 Å². The minimum Gasteiger partial charge on any atom is -0.334 e. The molecule has 2 N–H and O–H groups in total. The first-order valence-electron chi connectivity index (χ1n) is 5.22. The summed E-state index contributed by atoms with van der Waals surface area (Å²) in [6.07, 6.45) is 0. The number of hydrogen-bond donors (Lipinski definition) is 1. The Kier molecular flexibility index (Phi) is 2.93. The molecule has 3 nitrogen and oxygen atoms in total. The summed E-state index contributed by atoms with van der Waals surface area (Å²) >= 11 is 0. The average molecular weight is 237 g/mol. The van der Waals surface area contributed by atoms with E-state index in [-0.39, 0.29) is 12.1 Å². The van der Waals surface area contributed by atoms with Gasteiger partial charge in [0.15, 0.2) is 0 Å². The Balaban J connectivity index is 2.68. The maximum atomic E-state index is 13.7. The van der Waals surface area contributed by atoms with E-state index < -0.39 is 11.6 Å². The van der Waals surface area contributed by atoms with Crippen LogP contribution in [-0.4, -0.2) is 9.55 Å². The molecule has 1 heterocycles. The van der Waals surface area contributed by atoms with Gasteiger partial charge in [-0.1, -0.05) is 0 Å². The van der Waals surface area contributed by atoms with Gasteiger partial charge in [-0.3, -0.25) is 0 Å². The van der Waals surface area contributed by atoms with Crippen LogP contribution in [0.5, 0.6) is 0 Å². The third-order valence-corrected chi connectivity index (χ3v) is 2.81. The van der Waals surface area contributed by atoms with Crippen molar-refractivity contribution >= 4 is 0 Å². The monoisotopic (exact) mass is 237 g/mol. The summed E-state index contributed by atoms with van der Waals surface area (Å²) in [5, 5.41) is 0. The lowest BCUT2D eigenvalue weighted by Gasteiger charge is -2.04. The van der Waals surface area contributed by atoms with E-state index in [0.29, 0.717) is 17.2 Å². The molecule has 1 aromatic heterocycles. The molecule has 0 aliphatic carbocycles. The topological polar surface area (TPSA) is 43.8 Å². The number of nitrogens with zero attached hydrogens (tertiary/aromatic N) is 2. The molecule has 0 fully saturated rings. The second kappa shape index (κ2) is 4.25. The van der Waals surface area contributed by atoms with Crippen molar-refractivity contribution in [2.45, 2.75) is 13.5 Å². The van der Waals surface area contributed by atoms with Crippen LogP contribution in [0.1, 0.15) is 11.5 Å². The standard InChI is InChI=1S/C12H13F2N3/c1-7-16-12(11(6-15)17(7)2)9-5-8(13)3-4-10(9)14/h3-5H,6,15H2,1-2H3. The number of aromatic nitrogens is 2. The van der Waals surface area contributed by atoms with Crippen molar-refractivity contribution in [2.75, 3.05) is 0 Å². The second-order valence-electron chi connectivity index (χ2n) is 3.84. The molecule has 17 heavy (non-hydrogen) atoms. The van der Waals surface area contributed by atoms with Gasteiger partial charge in [-0.2, -0.15) is 0 Å². The predicted octanol–water partition coefficient (Wildman–Crippen LogP) is 2.13. The van der Waals surface area contributed by atoms with Crippen molar-refractivity contribution in [3.05, 3.63) is 41.4 Å². The van der Waals surface area contributed by atoms with E-state index in [1.54, 1.807) is 18.5 Å². The van der Waals surface area contributed by atoms with E-state index in [0.717, 1.165) is 18.2 Å². The maximum absolute atomic E-state index is 13.7. The van der Waals surface area contributed by atoms with E-state index in [2.05, 4.69) is 4.98 Å². The summed E-state index contributed by atoms with van der Waals surface area (Å²) in [6.45, 7) is 2.02. The Labute approximate surface area is 97.9 Å². The summed E-state index contributed by atoms with van der Waals surface area (Å²) in [5.74, 6) is -0.281. The molecular formula is C12H13F2N3. The quantitative estimate of drug-likeness (QED) is 0.869. The van der Waals surface area contributed by atoms with Crippen LogP contribution in [0.25, 0.3) is 11.3 Å². The fourth-order valence-corrected chi connectivity index (χ4v) is 1.78. The molecule has 0 amide bonds. The third-order valence-electron chi connectivity index (χ3n) is 2.81. The first-order valence-corrected chi connectivity index (χ1v) is 5.22. The Morgan fingerprint density at radius 2 is 2.06 bits per heavy atom. The molecule has 0 aliphatic rings. The van der Waals surface area contributed by atoms with E-state index in [1.807, 2.05) is 0 Å². The van der Waals surface area contributed by atoms with Crippen LogP contribution in [0.15, 0.2) is 18.2 Å². The highest BCUT2D eigenvalue weighted by Gasteiger charge is 2.16. The molecule has 2 rings (SSSR count). The van der Waals surface area contributed by atoms with Gasteiger partial charge in [0, 0.05) is 19.2 Å². The van der Waals surface area contributed by atoms with Crippen molar-refractivity contribution in [1.82, 2.24) is 9.55 Å². The molecule has 90 valence electrons. The van der Waals surface area contributed by atoms with Crippen LogP contribution < -0.4 is 5.73 Å². The van der Waals surface area contributed by atoms with Crippen LogP contribution in [0.4, 0.5) is 8.78 Å². The third kappa shape index (κ3) is 1.93. The van der Waals surface area contributed by atoms with Gasteiger partial charge in [0.1, 0.15) is 17.5 Å². The van der Waals surface area contributed by atoms with Gasteiger partial charge in [-0.15, -0.1) is 0 Å². The van der Waals surface area contributed by atoms with Gasteiger partial charge in [-0.05, 0) is 25.1 Å². The summed E-state index contributed by atoms with van der Waals surface area (Å²) < 4.78 is 28.6. The lowest BCUT2D eigenvalue weighted by Crippen LogP contribution is -2.05. The molecule has 2 aromatic rings. The van der Waals surface area contributed by atoms with Crippen LogP contribution in [0.2, 0.25) is 0 Å². The Bertz CT molecular complexity index is 561. The molecular weight excluding hydrogens is 224 g/mol. The van der Waals surface area contributed by atoms with Crippen LogP contribution in [0.3, 0.4) is 0 Å². The molecule has 0 radical (unpaired) electrons. The zero-order valence-corrected chi connectivity index (χ0v) is 9.67. The molecule has 0 atom stereocenters. The fourth-order valence-electron chi connectivity index (χ4n) is 1.78. The van der Waals surface area contributed by atoms with Gasteiger partial charge in [0.2, 0.25) is 0 Å². The van der Waals surface area contributed by atoms with Gasteiger partial charge in [0.25, 0.3) is 0 Å². The molecule has 0 bridgehead atoms. The van der Waals surface area contributed by atoms with E-state index >= 15 is 0 Å². The minimum absolute atomic E-state index is 0.147. The van der Waals surface area contributed by atoms with E-state index in [4.69, 9.17) is 5.73 Å². The number of imidazole rings is 1. The smallest absolute Gasteiger partial charge is 0.132 e. The lowest BCUT2D eigenvalue weighted by atomic mass is 10.1. The summed E-state index contributed by atoms with van der Waals surface area (Å²) in [5.41, 5.74) is 6.85. The number of hydrogen-bond acceptors (Lipinski definition) is 2. The van der Waals surface area contributed by atoms with Crippen LogP contribution in [0, 0.1) is 18.6 Å². The number of halogens is 2. The van der Waals surface area contributed by atoms with Crippen molar-refractivity contribution in [2.24, 2.45) is 12.8 Å². The Morgan fingerprint density at radius 3 is 2.71 bits per heavy atom. The summed E-state index contributed by atoms with van der Waals surface area (Å²) in [6, 6.07) is 3.31. The SMILES string of the molecule is Cc1nc(-c2cc(F)ccc2F)c(CN)n1C. The lowest BCUT2D eigenvalue weighted by molar-refractivity contribution is 0.602. The van der Waals surface area contributed by atoms with E-state index in [1.165, 1.54) is 0 Å². The molecule has 0 aliphatic heterocycles. The van der Waals surface area contributed by atoms with Crippen molar-refractivity contribution in [3.63, 3.8) is 0 Å². The minimum atomic E-state index is -0.501. The highest BCUT2D eigenvalue weighted by molar-refractivity contribution is 5.63. The normalized spacial score (nSPS) is 10.9. The molecule has 0 spiro atoms. The Hall–Kier alpha value is -1.75. The Morgan fingerprint density at radius 1 is 1.35 bits per heavy atom. The number of aryl methyl sites for hydroxylation is 1. The predicted molar refractivity (Wildman–Crippen MR) is 61.2 cm³/mol. The molecule has 5 heteroatoms. The molecule has 0 saturated heterocycles. The number of benzene rings is 1. The maximum Gasteiger partial charge on any atom is 0.132 e. The number of nitrogens with two attached hydrogens (primary N) is 1. The molecule has 0 unspecified atom stereocenters. The second-order valence-corrected chi connectivity index (χ2v) is 3.84. The highest BCUT2D eigenvalue weighted by Crippen LogP contribution is 2.26. The number of rotatable bonds is 2. The summed E-state index contributed by atoms with van der Waals surface area (Å²) in [7, 11) is 1.80. The first kappa shape index (κ1) is 11.7. The van der Waals surface area contributed by atoms with Gasteiger partial charge in [0.05, 0.1) is 11.4 Å². The van der Waals surface area contributed by atoms with Crippen molar-refractivity contribution in [1.29, 1.82) is 0 Å². The van der Waals surface area contributed by atoms with Gasteiger partial charge < -0.3 is 10.3 Å². The fraction of sp³-hybridized carbons (Fsp3) is 0.250. The van der Waals surface area contributed by atoms with Crippen molar-refractivity contribution in [3.8, 4) is 11.3 Å². The first-order chi connectivity index (χ1) is 8.04. The van der Waals surface area contributed by atoms with Gasteiger partial charge >= 0.3 is 0 Å². The molecule has 0 saturated carbocycles. The summed E-state index contributed by atoms with van der Waals surface area (Å²) in [4.78, 5) is 4.23. The van der Waals surface area contributed by atoms with Gasteiger partial charge in [-0.25, -0.2) is 13.8 Å². The highest BCUT2D eigenvalue weighted by atomic mass is 19.1. The zero-order chi connectivity index (χ0) is 12.6. The van der Waals surface area contributed by atoms with Crippen LogP contribution in [-0.2, 0) is 13.6 Å². The van der Waals surface area contributed by atoms with Crippen LogP contribution >= 0.6 is 0 Å². The largest absolute Gasteiger partial charge is 0.334 e. The zero-order valence-electron chi connectivity index (χ0n) is 9.67. The molecule has 1 aromatic carbocycles.